The van der Waals surface area contributed by atoms with Crippen LogP contribution < -0.4 is 4.74 Å². The van der Waals surface area contributed by atoms with Crippen molar-refractivity contribution in [3.63, 3.8) is 0 Å². The number of hydrogen-bond donors (Lipinski definition) is 0. The molecule has 0 saturated carbocycles. The van der Waals surface area contributed by atoms with Gasteiger partial charge < -0.3 is 4.74 Å². The second-order valence-electron chi connectivity index (χ2n) is 3.91. The molecular formula is C13H8Cl3NO3. The molecule has 0 atom stereocenters. The van der Waals surface area contributed by atoms with Crippen LogP contribution in [0.3, 0.4) is 0 Å². The molecule has 0 aliphatic heterocycles. The van der Waals surface area contributed by atoms with Gasteiger partial charge in [-0.15, -0.1) is 0 Å². The van der Waals surface area contributed by atoms with E-state index in [0.717, 1.165) is 0 Å². The van der Waals surface area contributed by atoms with E-state index < -0.39 is 4.92 Å². The highest BCUT2D eigenvalue weighted by molar-refractivity contribution is 6.42. The summed E-state index contributed by atoms with van der Waals surface area (Å²) in [5.41, 5.74) is 0.481. The molecule has 4 nitrogen and oxygen atoms in total. The lowest BCUT2D eigenvalue weighted by Gasteiger charge is -2.07. The lowest BCUT2D eigenvalue weighted by molar-refractivity contribution is -0.384. The van der Waals surface area contributed by atoms with E-state index in [4.69, 9.17) is 39.5 Å². The van der Waals surface area contributed by atoms with Gasteiger partial charge in [-0.3, -0.25) is 10.1 Å². The predicted octanol–water partition coefficient (Wildman–Crippen LogP) is 5.13. The minimum absolute atomic E-state index is 0.0910. The zero-order valence-electron chi connectivity index (χ0n) is 9.98. The smallest absolute Gasteiger partial charge is 0.288 e. The first kappa shape index (κ1) is 14.9. The minimum atomic E-state index is -0.537. The van der Waals surface area contributed by atoms with E-state index in [0.29, 0.717) is 21.4 Å². The molecule has 2 rings (SSSR count). The van der Waals surface area contributed by atoms with Crippen molar-refractivity contribution in [2.75, 3.05) is 0 Å². The summed E-state index contributed by atoms with van der Waals surface area (Å²) in [5.74, 6) is 0.525. The summed E-state index contributed by atoms with van der Waals surface area (Å²) in [5, 5.41) is 11.7. The number of nitrogens with zero attached hydrogens (tertiary/aromatic N) is 1. The van der Waals surface area contributed by atoms with Gasteiger partial charge in [0.15, 0.2) is 0 Å². The van der Waals surface area contributed by atoms with E-state index in [1.54, 1.807) is 24.3 Å². The summed E-state index contributed by atoms with van der Waals surface area (Å²) >= 11 is 17.4. The van der Waals surface area contributed by atoms with Crippen molar-refractivity contribution >= 4 is 40.5 Å². The van der Waals surface area contributed by atoms with Crippen LogP contribution in [0.25, 0.3) is 0 Å². The summed E-state index contributed by atoms with van der Waals surface area (Å²) < 4.78 is 5.49. The molecule has 20 heavy (non-hydrogen) atoms. The average Bonchev–Trinajstić information content (AvgIpc) is 2.41. The number of benzene rings is 2. The van der Waals surface area contributed by atoms with Crippen LogP contribution in [0.15, 0.2) is 36.4 Å². The average molecular weight is 333 g/mol. The van der Waals surface area contributed by atoms with Crippen LogP contribution >= 0.6 is 34.8 Å². The fourth-order valence-electron chi connectivity index (χ4n) is 1.52. The third-order valence-corrected chi connectivity index (χ3v) is 3.56. The van der Waals surface area contributed by atoms with Gasteiger partial charge in [0, 0.05) is 12.1 Å². The standard InChI is InChI=1S/C13H8Cl3NO3/c14-10-4-2-9(6-12(10)16)20-7-8-1-3-11(15)13(5-8)17(18)19/h1-6H,7H2. The predicted molar refractivity (Wildman–Crippen MR) is 78.9 cm³/mol. The summed E-state index contributed by atoms with van der Waals surface area (Å²) in [7, 11) is 0. The maximum atomic E-state index is 10.8. The van der Waals surface area contributed by atoms with Crippen molar-refractivity contribution in [1.82, 2.24) is 0 Å². The molecule has 0 amide bonds. The Morgan fingerprint density at radius 3 is 2.35 bits per heavy atom. The fraction of sp³-hybridized carbons (Fsp3) is 0.0769. The molecule has 0 unspecified atom stereocenters. The Labute approximate surface area is 130 Å². The number of nitro groups is 1. The molecule has 7 heteroatoms. The van der Waals surface area contributed by atoms with E-state index in [9.17, 15) is 10.1 Å². The quantitative estimate of drug-likeness (QED) is 0.576. The van der Waals surface area contributed by atoms with Gasteiger partial charge in [0.2, 0.25) is 0 Å². The molecule has 0 aliphatic rings. The van der Waals surface area contributed by atoms with Crippen LogP contribution in [0.5, 0.6) is 5.75 Å². The van der Waals surface area contributed by atoms with Crippen LogP contribution in [0.2, 0.25) is 15.1 Å². The third-order valence-electron chi connectivity index (χ3n) is 2.50. The molecule has 104 valence electrons. The summed E-state index contributed by atoms with van der Waals surface area (Å²) in [6.45, 7) is 0.163. The second-order valence-corrected chi connectivity index (χ2v) is 5.13. The van der Waals surface area contributed by atoms with Crippen LogP contribution in [-0.2, 0) is 6.61 Å². The maximum Gasteiger partial charge on any atom is 0.288 e. The highest BCUT2D eigenvalue weighted by atomic mass is 35.5. The van der Waals surface area contributed by atoms with Gasteiger partial charge in [-0.1, -0.05) is 40.9 Å². The molecule has 0 bridgehead atoms. The SMILES string of the molecule is O=[N+]([O-])c1cc(COc2ccc(Cl)c(Cl)c2)ccc1Cl. The third kappa shape index (κ3) is 3.54. The molecule has 0 aromatic heterocycles. The number of halogens is 3. The van der Waals surface area contributed by atoms with Crippen molar-refractivity contribution < 1.29 is 9.66 Å². The Hall–Kier alpha value is -1.49. The first-order valence-electron chi connectivity index (χ1n) is 5.48. The minimum Gasteiger partial charge on any atom is -0.489 e. The molecule has 0 fully saturated rings. The van der Waals surface area contributed by atoms with Crippen molar-refractivity contribution in [3.05, 3.63) is 67.1 Å². The lowest BCUT2D eigenvalue weighted by atomic mass is 10.2. The summed E-state index contributed by atoms with van der Waals surface area (Å²) in [4.78, 5) is 10.2. The Kier molecular flexibility index (Phi) is 4.70. The van der Waals surface area contributed by atoms with Gasteiger partial charge in [-0.2, -0.15) is 0 Å². The zero-order chi connectivity index (χ0) is 14.7. The van der Waals surface area contributed by atoms with Crippen LogP contribution in [0.4, 0.5) is 5.69 Å². The Bertz CT molecular complexity index is 661. The van der Waals surface area contributed by atoms with Crippen molar-refractivity contribution in [2.45, 2.75) is 6.61 Å². The number of rotatable bonds is 4. The molecule has 0 spiro atoms. The zero-order valence-corrected chi connectivity index (χ0v) is 12.2. The van der Waals surface area contributed by atoms with E-state index in [-0.39, 0.29) is 17.3 Å². The first-order valence-corrected chi connectivity index (χ1v) is 6.61. The topological polar surface area (TPSA) is 52.4 Å². The number of ether oxygens (including phenoxy) is 1. The normalized spacial score (nSPS) is 10.3. The Morgan fingerprint density at radius 2 is 1.70 bits per heavy atom. The van der Waals surface area contributed by atoms with Gasteiger partial charge in [-0.05, 0) is 23.8 Å². The summed E-state index contributed by atoms with van der Waals surface area (Å²) in [6.07, 6.45) is 0. The fourth-order valence-corrected chi connectivity index (χ4v) is 2.00. The van der Waals surface area contributed by atoms with Crippen molar-refractivity contribution in [2.24, 2.45) is 0 Å². The molecule has 0 N–H and O–H groups in total. The second kappa shape index (κ2) is 6.31. The molecule has 0 saturated heterocycles. The lowest BCUT2D eigenvalue weighted by Crippen LogP contribution is -1.97. The van der Waals surface area contributed by atoms with Crippen LogP contribution in [-0.4, -0.2) is 4.92 Å². The highest BCUT2D eigenvalue weighted by Gasteiger charge is 2.13. The van der Waals surface area contributed by atoms with E-state index >= 15 is 0 Å². The monoisotopic (exact) mass is 331 g/mol. The molecule has 2 aromatic carbocycles. The van der Waals surface area contributed by atoms with E-state index in [1.807, 2.05) is 0 Å². The maximum absolute atomic E-state index is 10.8. The molecule has 0 heterocycles. The van der Waals surface area contributed by atoms with Gasteiger partial charge in [-0.25, -0.2) is 0 Å². The van der Waals surface area contributed by atoms with Crippen molar-refractivity contribution in [3.8, 4) is 5.75 Å². The molecule has 2 aromatic rings. The highest BCUT2D eigenvalue weighted by Crippen LogP contribution is 2.28. The van der Waals surface area contributed by atoms with Gasteiger partial charge in [0.05, 0.1) is 15.0 Å². The van der Waals surface area contributed by atoms with Gasteiger partial charge >= 0.3 is 0 Å². The number of hydrogen-bond acceptors (Lipinski definition) is 3. The molecule has 0 radical (unpaired) electrons. The Balaban J connectivity index is 2.12. The van der Waals surface area contributed by atoms with Gasteiger partial charge in [0.1, 0.15) is 17.4 Å². The van der Waals surface area contributed by atoms with E-state index in [1.165, 1.54) is 12.1 Å². The molecular weight excluding hydrogens is 325 g/mol. The first-order chi connectivity index (χ1) is 9.47. The van der Waals surface area contributed by atoms with Crippen LogP contribution in [0, 0.1) is 10.1 Å². The van der Waals surface area contributed by atoms with Gasteiger partial charge in [0.25, 0.3) is 5.69 Å². The van der Waals surface area contributed by atoms with Crippen molar-refractivity contribution in [1.29, 1.82) is 0 Å². The Morgan fingerprint density at radius 1 is 1.00 bits per heavy atom. The summed E-state index contributed by atoms with van der Waals surface area (Å²) in [6, 6.07) is 9.36. The van der Waals surface area contributed by atoms with Crippen LogP contribution in [0.1, 0.15) is 5.56 Å². The van der Waals surface area contributed by atoms with E-state index in [2.05, 4.69) is 0 Å². The largest absolute Gasteiger partial charge is 0.489 e. The number of nitro benzene ring substituents is 1. The molecule has 0 aliphatic carbocycles.